The highest BCUT2D eigenvalue weighted by atomic mass is 14.9. The van der Waals surface area contributed by atoms with Gasteiger partial charge in [0.25, 0.3) is 0 Å². The van der Waals surface area contributed by atoms with Crippen LogP contribution in [0.5, 0.6) is 0 Å². The topological polar surface area (TPSA) is 38.0 Å². The van der Waals surface area contributed by atoms with E-state index in [1.165, 1.54) is 17.5 Å². The van der Waals surface area contributed by atoms with Crippen molar-refractivity contribution < 1.29 is 0 Å². The fourth-order valence-corrected chi connectivity index (χ4v) is 2.21. The Morgan fingerprint density at radius 3 is 2.62 bits per heavy atom. The van der Waals surface area contributed by atoms with Gasteiger partial charge in [-0.3, -0.25) is 0 Å². The molecule has 2 rings (SSSR count). The van der Waals surface area contributed by atoms with Crippen LogP contribution in [0.2, 0.25) is 0 Å². The van der Waals surface area contributed by atoms with Gasteiger partial charge in [-0.25, -0.2) is 0 Å². The summed E-state index contributed by atoms with van der Waals surface area (Å²) in [5.74, 6) is 1.86. The van der Waals surface area contributed by atoms with Gasteiger partial charge in [0, 0.05) is 6.54 Å². The Morgan fingerprint density at radius 1 is 1.31 bits per heavy atom. The summed E-state index contributed by atoms with van der Waals surface area (Å²) in [5.41, 5.74) is 8.41. The largest absolute Gasteiger partial charge is 0.330 e. The molecule has 88 valence electrons. The van der Waals surface area contributed by atoms with Gasteiger partial charge in [-0.05, 0) is 48.9 Å². The van der Waals surface area contributed by atoms with Crippen molar-refractivity contribution in [1.82, 2.24) is 5.32 Å². The second-order valence-corrected chi connectivity index (χ2v) is 4.91. The fraction of sp³-hybridized carbons (Fsp3) is 0.571. The molecule has 0 saturated heterocycles. The second-order valence-electron chi connectivity index (χ2n) is 4.91. The first-order valence-corrected chi connectivity index (χ1v) is 6.29. The summed E-state index contributed by atoms with van der Waals surface area (Å²) >= 11 is 0. The molecule has 0 heterocycles. The summed E-state index contributed by atoms with van der Waals surface area (Å²) in [6, 6.07) is 8.59. The molecule has 2 atom stereocenters. The Kier molecular flexibility index (Phi) is 3.97. The highest BCUT2D eigenvalue weighted by Crippen LogP contribution is 2.36. The summed E-state index contributed by atoms with van der Waals surface area (Å²) in [5, 5.41) is 3.55. The molecule has 2 nitrogen and oxygen atoms in total. The van der Waals surface area contributed by atoms with Crippen LogP contribution in [0.1, 0.15) is 24.5 Å². The van der Waals surface area contributed by atoms with Crippen LogP contribution in [-0.2, 0) is 13.0 Å². The molecule has 3 N–H and O–H groups in total. The third-order valence-corrected chi connectivity index (χ3v) is 3.53. The molecule has 1 aromatic carbocycles. The molecule has 1 fully saturated rings. The molecule has 0 aromatic heterocycles. The molecule has 16 heavy (non-hydrogen) atoms. The zero-order valence-electron chi connectivity index (χ0n) is 10.1. The lowest BCUT2D eigenvalue weighted by Crippen LogP contribution is -2.18. The average molecular weight is 218 g/mol. The van der Waals surface area contributed by atoms with E-state index in [1.54, 1.807) is 0 Å². The predicted octanol–water partition coefficient (Wildman–Crippen LogP) is 1.93. The maximum absolute atomic E-state index is 5.61. The molecule has 0 bridgehead atoms. The van der Waals surface area contributed by atoms with Crippen LogP contribution < -0.4 is 11.1 Å². The first kappa shape index (κ1) is 11.6. The van der Waals surface area contributed by atoms with Gasteiger partial charge >= 0.3 is 0 Å². The van der Waals surface area contributed by atoms with Crippen molar-refractivity contribution in [2.45, 2.75) is 26.3 Å². The molecule has 1 aliphatic carbocycles. The number of nitrogens with one attached hydrogen (secondary N) is 1. The fourth-order valence-electron chi connectivity index (χ4n) is 2.21. The summed E-state index contributed by atoms with van der Waals surface area (Å²) in [6.45, 7) is 5.21. The van der Waals surface area contributed by atoms with Crippen molar-refractivity contribution in [3.8, 4) is 0 Å². The Balaban J connectivity index is 1.82. The van der Waals surface area contributed by atoms with E-state index in [4.69, 9.17) is 5.73 Å². The molecule has 2 heteroatoms. The highest BCUT2D eigenvalue weighted by Gasteiger charge is 2.31. The Bertz CT molecular complexity index is 335. The monoisotopic (exact) mass is 218 g/mol. The molecule has 2 unspecified atom stereocenters. The van der Waals surface area contributed by atoms with Crippen LogP contribution in [-0.4, -0.2) is 13.1 Å². The van der Waals surface area contributed by atoms with Crippen molar-refractivity contribution in [1.29, 1.82) is 0 Å². The SMILES string of the molecule is CC1CC1CNCc1ccccc1CCN. The Labute approximate surface area is 98.2 Å². The van der Waals surface area contributed by atoms with Crippen LogP contribution in [0, 0.1) is 11.8 Å². The van der Waals surface area contributed by atoms with E-state index < -0.39 is 0 Å². The van der Waals surface area contributed by atoms with Crippen LogP contribution >= 0.6 is 0 Å². The summed E-state index contributed by atoms with van der Waals surface area (Å²) < 4.78 is 0. The molecular formula is C14H22N2. The van der Waals surface area contributed by atoms with Gasteiger partial charge in [-0.1, -0.05) is 31.2 Å². The van der Waals surface area contributed by atoms with Gasteiger partial charge in [0.05, 0.1) is 0 Å². The zero-order chi connectivity index (χ0) is 11.4. The molecule has 1 aromatic rings. The van der Waals surface area contributed by atoms with E-state index in [0.717, 1.165) is 37.9 Å². The number of benzene rings is 1. The Hall–Kier alpha value is -0.860. The first-order valence-electron chi connectivity index (χ1n) is 6.29. The summed E-state index contributed by atoms with van der Waals surface area (Å²) in [6.07, 6.45) is 2.38. The van der Waals surface area contributed by atoms with E-state index in [-0.39, 0.29) is 0 Å². The third-order valence-electron chi connectivity index (χ3n) is 3.53. The molecule has 1 aliphatic rings. The predicted molar refractivity (Wildman–Crippen MR) is 68.2 cm³/mol. The van der Waals surface area contributed by atoms with Gasteiger partial charge < -0.3 is 11.1 Å². The minimum atomic E-state index is 0.733. The van der Waals surface area contributed by atoms with Gasteiger partial charge in [0.2, 0.25) is 0 Å². The lowest BCUT2D eigenvalue weighted by molar-refractivity contribution is 0.609. The van der Waals surface area contributed by atoms with E-state index in [2.05, 4.69) is 36.5 Å². The van der Waals surface area contributed by atoms with Crippen molar-refractivity contribution in [3.05, 3.63) is 35.4 Å². The minimum Gasteiger partial charge on any atom is -0.330 e. The van der Waals surface area contributed by atoms with Crippen molar-refractivity contribution in [3.63, 3.8) is 0 Å². The van der Waals surface area contributed by atoms with Gasteiger partial charge in [-0.2, -0.15) is 0 Å². The first-order chi connectivity index (χ1) is 7.81. The van der Waals surface area contributed by atoms with Crippen LogP contribution in [0.4, 0.5) is 0 Å². The lowest BCUT2D eigenvalue weighted by Gasteiger charge is -2.09. The number of hydrogen-bond donors (Lipinski definition) is 2. The molecule has 0 spiro atoms. The molecule has 0 aliphatic heterocycles. The molecular weight excluding hydrogens is 196 g/mol. The zero-order valence-corrected chi connectivity index (χ0v) is 10.1. The van der Waals surface area contributed by atoms with Gasteiger partial charge in [0.1, 0.15) is 0 Å². The second kappa shape index (κ2) is 5.46. The normalized spacial score (nSPS) is 23.4. The maximum atomic E-state index is 5.61. The third kappa shape index (κ3) is 3.06. The van der Waals surface area contributed by atoms with Gasteiger partial charge in [-0.15, -0.1) is 0 Å². The molecule has 0 radical (unpaired) electrons. The number of hydrogen-bond acceptors (Lipinski definition) is 2. The smallest absolute Gasteiger partial charge is 0.0208 e. The van der Waals surface area contributed by atoms with E-state index in [0.29, 0.717) is 0 Å². The van der Waals surface area contributed by atoms with Crippen LogP contribution in [0.15, 0.2) is 24.3 Å². The van der Waals surface area contributed by atoms with Crippen LogP contribution in [0.25, 0.3) is 0 Å². The standard InChI is InChI=1S/C14H22N2/c1-11-8-14(11)10-16-9-13-5-3-2-4-12(13)6-7-15/h2-5,11,14,16H,6-10,15H2,1H3. The van der Waals surface area contributed by atoms with E-state index in [1.807, 2.05) is 0 Å². The van der Waals surface area contributed by atoms with Crippen LogP contribution in [0.3, 0.4) is 0 Å². The van der Waals surface area contributed by atoms with Crippen molar-refractivity contribution in [2.75, 3.05) is 13.1 Å². The highest BCUT2D eigenvalue weighted by molar-refractivity contribution is 5.27. The summed E-state index contributed by atoms with van der Waals surface area (Å²) in [4.78, 5) is 0. The Morgan fingerprint density at radius 2 is 2.00 bits per heavy atom. The van der Waals surface area contributed by atoms with E-state index in [9.17, 15) is 0 Å². The molecule has 1 saturated carbocycles. The number of rotatable bonds is 6. The maximum Gasteiger partial charge on any atom is 0.0208 e. The van der Waals surface area contributed by atoms with Crippen molar-refractivity contribution in [2.24, 2.45) is 17.6 Å². The minimum absolute atomic E-state index is 0.733. The summed E-state index contributed by atoms with van der Waals surface area (Å²) in [7, 11) is 0. The average Bonchev–Trinajstić information content (AvgIpc) is 2.98. The lowest BCUT2D eigenvalue weighted by atomic mass is 10.0. The van der Waals surface area contributed by atoms with Crippen molar-refractivity contribution >= 4 is 0 Å². The van der Waals surface area contributed by atoms with Gasteiger partial charge in [0.15, 0.2) is 0 Å². The quantitative estimate of drug-likeness (QED) is 0.765. The number of nitrogens with two attached hydrogens (primary N) is 1. The molecule has 0 amide bonds. The van der Waals surface area contributed by atoms with E-state index >= 15 is 0 Å².